The van der Waals surface area contributed by atoms with Crippen molar-refractivity contribution in [2.45, 2.75) is 39.2 Å². The number of hydrazine groups is 1. The van der Waals surface area contributed by atoms with Gasteiger partial charge >= 0.3 is 0 Å². The molecular formula is C13H20ClFN2. The Labute approximate surface area is 107 Å². The van der Waals surface area contributed by atoms with E-state index in [1.807, 2.05) is 0 Å². The third-order valence-electron chi connectivity index (χ3n) is 3.29. The van der Waals surface area contributed by atoms with Gasteiger partial charge in [-0.05, 0) is 30.0 Å². The molecular weight excluding hydrogens is 239 g/mol. The highest BCUT2D eigenvalue weighted by molar-refractivity contribution is 6.31. The minimum absolute atomic E-state index is 0.174. The summed E-state index contributed by atoms with van der Waals surface area (Å²) in [6.07, 6.45) is 2.84. The van der Waals surface area contributed by atoms with Crippen LogP contribution < -0.4 is 11.3 Å². The molecule has 0 aliphatic carbocycles. The van der Waals surface area contributed by atoms with Gasteiger partial charge in [-0.3, -0.25) is 11.3 Å². The topological polar surface area (TPSA) is 38.0 Å². The van der Waals surface area contributed by atoms with Gasteiger partial charge in [0.1, 0.15) is 5.82 Å². The third kappa shape index (κ3) is 3.95. The lowest BCUT2D eigenvalue weighted by Crippen LogP contribution is -2.42. The van der Waals surface area contributed by atoms with Crippen LogP contribution in [-0.4, -0.2) is 6.04 Å². The van der Waals surface area contributed by atoms with Gasteiger partial charge < -0.3 is 0 Å². The van der Waals surface area contributed by atoms with Gasteiger partial charge in [-0.25, -0.2) is 4.39 Å². The lowest BCUT2D eigenvalue weighted by molar-refractivity contribution is 0.335. The first-order valence-corrected chi connectivity index (χ1v) is 6.40. The summed E-state index contributed by atoms with van der Waals surface area (Å²) >= 11 is 6.01. The number of hydrogen-bond donors (Lipinski definition) is 2. The summed E-state index contributed by atoms with van der Waals surface area (Å²) in [5.74, 6) is 5.78. The standard InChI is InChI=1S/C13H20ClFN2/c1-3-9(4-2)13(17-16)7-10-5-6-11(15)8-12(10)14/h5-6,8-9,13,17H,3-4,7,16H2,1-2H3. The molecule has 0 saturated carbocycles. The summed E-state index contributed by atoms with van der Waals surface area (Å²) < 4.78 is 12.9. The van der Waals surface area contributed by atoms with Crippen molar-refractivity contribution in [2.24, 2.45) is 11.8 Å². The van der Waals surface area contributed by atoms with E-state index >= 15 is 0 Å². The largest absolute Gasteiger partial charge is 0.271 e. The van der Waals surface area contributed by atoms with Crippen LogP contribution in [0.1, 0.15) is 32.3 Å². The summed E-state index contributed by atoms with van der Waals surface area (Å²) in [4.78, 5) is 0. The van der Waals surface area contributed by atoms with Crippen LogP contribution in [0, 0.1) is 11.7 Å². The van der Waals surface area contributed by atoms with Crippen LogP contribution in [-0.2, 0) is 6.42 Å². The van der Waals surface area contributed by atoms with Crippen molar-refractivity contribution in [2.75, 3.05) is 0 Å². The molecule has 4 heteroatoms. The molecule has 0 bridgehead atoms. The van der Waals surface area contributed by atoms with E-state index in [4.69, 9.17) is 17.4 Å². The lowest BCUT2D eigenvalue weighted by atomic mass is 9.90. The molecule has 1 aromatic rings. The summed E-state index contributed by atoms with van der Waals surface area (Å²) in [7, 11) is 0. The smallest absolute Gasteiger partial charge is 0.124 e. The van der Waals surface area contributed by atoms with Crippen molar-refractivity contribution in [3.05, 3.63) is 34.6 Å². The zero-order valence-electron chi connectivity index (χ0n) is 10.3. The number of benzene rings is 1. The van der Waals surface area contributed by atoms with Gasteiger partial charge in [-0.2, -0.15) is 0 Å². The highest BCUT2D eigenvalue weighted by Gasteiger charge is 2.18. The van der Waals surface area contributed by atoms with Gasteiger partial charge in [0, 0.05) is 11.1 Å². The molecule has 0 amide bonds. The van der Waals surface area contributed by atoms with E-state index in [1.54, 1.807) is 6.07 Å². The second-order valence-electron chi connectivity index (χ2n) is 4.29. The molecule has 0 aromatic heterocycles. The fourth-order valence-corrected chi connectivity index (χ4v) is 2.39. The highest BCUT2D eigenvalue weighted by atomic mass is 35.5. The Balaban J connectivity index is 2.80. The Morgan fingerprint density at radius 3 is 2.47 bits per heavy atom. The van der Waals surface area contributed by atoms with Crippen molar-refractivity contribution in [3.8, 4) is 0 Å². The average molecular weight is 259 g/mol. The number of nitrogens with one attached hydrogen (secondary N) is 1. The molecule has 1 unspecified atom stereocenters. The zero-order chi connectivity index (χ0) is 12.8. The predicted molar refractivity (Wildman–Crippen MR) is 70.3 cm³/mol. The minimum Gasteiger partial charge on any atom is -0.271 e. The van der Waals surface area contributed by atoms with Crippen LogP contribution in [0.5, 0.6) is 0 Å². The molecule has 1 aromatic carbocycles. The quantitative estimate of drug-likeness (QED) is 0.607. The molecule has 0 heterocycles. The number of nitrogens with two attached hydrogens (primary N) is 1. The van der Waals surface area contributed by atoms with Crippen LogP contribution >= 0.6 is 11.6 Å². The normalized spacial score (nSPS) is 13.1. The van der Waals surface area contributed by atoms with Crippen molar-refractivity contribution >= 4 is 11.6 Å². The fraction of sp³-hybridized carbons (Fsp3) is 0.538. The second kappa shape index (κ2) is 6.94. The molecule has 17 heavy (non-hydrogen) atoms. The van der Waals surface area contributed by atoms with E-state index < -0.39 is 0 Å². The van der Waals surface area contributed by atoms with Gasteiger partial charge in [0.25, 0.3) is 0 Å². The van der Waals surface area contributed by atoms with E-state index in [2.05, 4.69) is 19.3 Å². The molecule has 0 radical (unpaired) electrons. The SMILES string of the molecule is CCC(CC)C(Cc1ccc(F)cc1Cl)NN. The zero-order valence-corrected chi connectivity index (χ0v) is 11.1. The van der Waals surface area contributed by atoms with Crippen LogP contribution in [0.4, 0.5) is 4.39 Å². The first kappa shape index (κ1) is 14.4. The first-order chi connectivity index (χ1) is 8.12. The molecule has 0 saturated heterocycles. The fourth-order valence-electron chi connectivity index (χ4n) is 2.14. The number of hydrogen-bond acceptors (Lipinski definition) is 2. The number of rotatable bonds is 6. The summed E-state index contributed by atoms with van der Waals surface area (Å²) in [5.41, 5.74) is 3.78. The Hall–Kier alpha value is -0.640. The Morgan fingerprint density at radius 1 is 1.35 bits per heavy atom. The van der Waals surface area contributed by atoms with Crippen LogP contribution in [0.15, 0.2) is 18.2 Å². The molecule has 96 valence electrons. The molecule has 3 N–H and O–H groups in total. The Bertz CT molecular complexity index is 353. The molecule has 0 spiro atoms. The van der Waals surface area contributed by atoms with Crippen molar-refractivity contribution in [3.63, 3.8) is 0 Å². The van der Waals surface area contributed by atoms with E-state index in [1.165, 1.54) is 12.1 Å². The van der Waals surface area contributed by atoms with E-state index in [-0.39, 0.29) is 11.9 Å². The first-order valence-electron chi connectivity index (χ1n) is 6.02. The molecule has 2 nitrogen and oxygen atoms in total. The predicted octanol–water partition coefficient (Wildman–Crippen LogP) is 3.29. The molecule has 0 fully saturated rings. The van der Waals surface area contributed by atoms with Crippen molar-refractivity contribution < 1.29 is 4.39 Å². The average Bonchev–Trinajstić information content (AvgIpc) is 2.32. The summed E-state index contributed by atoms with van der Waals surface area (Å²) in [6.45, 7) is 4.29. The second-order valence-corrected chi connectivity index (χ2v) is 4.70. The molecule has 1 atom stereocenters. The maximum Gasteiger partial charge on any atom is 0.124 e. The van der Waals surface area contributed by atoms with Crippen LogP contribution in [0.3, 0.4) is 0 Å². The van der Waals surface area contributed by atoms with Gasteiger partial charge in [-0.15, -0.1) is 0 Å². The van der Waals surface area contributed by atoms with Crippen LogP contribution in [0.25, 0.3) is 0 Å². The highest BCUT2D eigenvalue weighted by Crippen LogP contribution is 2.22. The third-order valence-corrected chi connectivity index (χ3v) is 3.64. The van der Waals surface area contributed by atoms with E-state index in [0.717, 1.165) is 24.8 Å². The molecule has 0 aliphatic heterocycles. The van der Waals surface area contributed by atoms with Crippen molar-refractivity contribution in [1.29, 1.82) is 0 Å². The van der Waals surface area contributed by atoms with Gasteiger partial charge in [0.05, 0.1) is 0 Å². The Morgan fingerprint density at radius 2 is 2.00 bits per heavy atom. The molecule has 0 aliphatic rings. The van der Waals surface area contributed by atoms with E-state index in [0.29, 0.717) is 10.9 Å². The van der Waals surface area contributed by atoms with Gasteiger partial charge in [0.2, 0.25) is 0 Å². The monoisotopic (exact) mass is 258 g/mol. The summed E-state index contributed by atoms with van der Waals surface area (Å²) in [6, 6.07) is 4.68. The Kier molecular flexibility index (Phi) is 5.89. The number of halogens is 2. The lowest BCUT2D eigenvalue weighted by Gasteiger charge is -2.25. The molecule has 1 rings (SSSR count). The minimum atomic E-state index is -0.307. The van der Waals surface area contributed by atoms with Crippen molar-refractivity contribution in [1.82, 2.24) is 5.43 Å². The van der Waals surface area contributed by atoms with Crippen LogP contribution in [0.2, 0.25) is 5.02 Å². The summed E-state index contributed by atoms with van der Waals surface area (Å²) in [5, 5.41) is 0.469. The maximum atomic E-state index is 12.9. The van der Waals surface area contributed by atoms with Gasteiger partial charge in [0.15, 0.2) is 0 Å². The van der Waals surface area contributed by atoms with Gasteiger partial charge in [-0.1, -0.05) is 44.4 Å². The van der Waals surface area contributed by atoms with E-state index in [9.17, 15) is 4.39 Å². The maximum absolute atomic E-state index is 12.9.